The maximum atomic E-state index is 13.0. The Bertz CT molecular complexity index is 1160. The number of benzene rings is 2. The van der Waals surface area contributed by atoms with Crippen LogP contribution in [0, 0.1) is 13.8 Å². The third-order valence-corrected chi connectivity index (χ3v) is 7.17. The summed E-state index contributed by atoms with van der Waals surface area (Å²) in [7, 11) is 0. The van der Waals surface area contributed by atoms with Crippen molar-refractivity contribution in [2.24, 2.45) is 0 Å². The van der Waals surface area contributed by atoms with Crippen LogP contribution in [0.1, 0.15) is 58.3 Å². The second-order valence-electron chi connectivity index (χ2n) is 9.99. The summed E-state index contributed by atoms with van der Waals surface area (Å²) in [5.74, 6) is -2.58. The average Bonchev–Trinajstić information content (AvgIpc) is 3.23. The van der Waals surface area contributed by atoms with Crippen LogP contribution in [0.15, 0.2) is 36.4 Å². The zero-order chi connectivity index (χ0) is 28.6. The second kappa shape index (κ2) is 13.6. The minimum atomic E-state index is -5.08. The minimum absolute atomic E-state index is 0.0720. The molecule has 2 aliphatic heterocycles. The molecule has 7 nitrogen and oxygen atoms in total. The highest BCUT2D eigenvalue weighted by molar-refractivity contribution is 5.98. The van der Waals surface area contributed by atoms with Gasteiger partial charge in [0.1, 0.15) is 0 Å². The number of nitrogens with one attached hydrogen (secondary N) is 2. The quantitative estimate of drug-likeness (QED) is 0.435. The van der Waals surface area contributed by atoms with Crippen LogP contribution in [0.4, 0.5) is 18.9 Å². The van der Waals surface area contributed by atoms with Crippen LogP contribution in [0.5, 0.6) is 0 Å². The maximum Gasteiger partial charge on any atom is 0.490 e. The number of amides is 1. The van der Waals surface area contributed by atoms with Gasteiger partial charge in [0, 0.05) is 43.2 Å². The molecule has 0 bridgehead atoms. The molecular weight excluding hydrogens is 511 g/mol. The fourth-order valence-electron chi connectivity index (χ4n) is 5.04. The average molecular weight is 548 g/mol. The van der Waals surface area contributed by atoms with E-state index in [1.165, 1.54) is 27.9 Å². The highest BCUT2D eigenvalue weighted by Crippen LogP contribution is 2.24. The molecule has 39 heavy (non-hydrogen) atoms. The number of para-hydroxylation sites is 1. The van der Waals surface area contributed by atoms with Crippen LogP contribution in [0.3, 0.4) is 0 Å². The number of carboxylic acids is 1. The second-order valence-corrected chi connectivity index (χ2v) is 9.99. The van der Waals surface area contributed by atoms with Gasteiger partial charge in [-0.15, -0.1) is 0 Å². The van der Waals surface area contributed by atoms with Crippen molar-refractivity contribution in [2.45, 2.75) is 64.6 Å². The fourth-order valence-corrected chi connectivity index (χ4v) is 5.04. The lowest BCUT2D eigenvalue weighted by Gasteiger charge is -2.26. The van der Waals surface area contributed by atoms with E-state index in [-0.39, 0.29) is 30.6 Å². The van der Waals surface area contributed by atoms with Crippen LogP contribution >= 0.6 is 0 Å². The lowest BCUT2D eigenvalue weighted by atomic mass is 9.97. The molecule has 0 aliphatic carbocycles. The molecule has 0 aromatic heterocycles. The van der Waals surface area contributed by atoms with Gasteiger partial charge in [0.15, 0.2) is 5.78 Å². The Balaban J connectivity index is 0.000000532. The summed E-state index contributed by atoms with van der Waals surface area (Å²) in [5, 5.41) is 14.1. The van der Waals surface area contributed by atoms with Crippen LogP contribution in [0.25, 0.3) is 0 Å². The number of hydrogen-bond donors (Lipinski definition) is 3. The van der Waals surface area contributed by atoms with Gasteiger partial charge in [-0.1, -0.05) is 30.3 Å². The number of anilines is 1. The summed E-state index contributed by atoms with van der Waals surface area (Å²) in [5.41, 5.74) is 6.96. The van der Waals surface area contributed by atoms with E-state index in [0.29, 0.717) is 0 Å². The van der Waals surface area contributed by atoms with E-state index in [9.17, 15) is 22.8 Å². The van der Waals surface area contributed by atoms with Gasteiger partial charge in [0.25, 0.3) is 0 Å². The molecule has 2 heterocycles. The number of ketones is 1. The summed E-state index contributed by atoms with van der Waals surface area (Å²) in [6, 6.07) is 12.5. The third kappa shape index (κ3) is 8.54. The van der Waals surface area contributed by atoms with Crippen molar-refractivity contribution < 1.29 is 32.7 Å². The number of aliphatic carboxylic acids is 1. The van der Waals surface area contributed by atoms with Gasteiger partial charge in [0.2, 0.25) is 5.91 Å². The third-order valence-electron chi connectivity index (χ3n) is 7.17. The van der Waals surface area contributed by atoms with E-state index >= 15 is 0 Å². The summed E-state index contributed by atoms with van der Waals surface area (Å²) in [6.45, 7) is 7.71. The van der Waals surface area contributed by atoms with Crippen molar-refractivity contribution in [2.75, 3.05) is 31.5 Å². The zero-order valence-electron chi connectivity index (χ0n) is 22.4. The fraction of sp³-hybridized carbons (Fsp3) is 0.483. The molecule has 2 aromatic rings. The van der Waals surface area contributed by atoms with Gasteiger partial charge in [-0.2, -0.15) is 13.2 Å². The number of aryl methyl sites for hydroxylation is 2. The number of rotatable bonds is 7. The molecule has 0 saturated carbocycles. The Labute approximate surface area is 226 Å². The van der Waals surface area contributed by atoms with Crippen molar-refractivity contribution in [1.29, 1.82) is 0 Å². The number of hydrogen-bond acceptors (Lipinski definition) is 5. The van der Waals surface area contributed by atoms with Gasteiger partial charge >= 0.3 is 12.1 Å². The number of nitrogens with zero attached hydrogens (tertiary/aromatic N) is 1. The molecule has 1 saturated heterocycles. The molecule has 3 N–H and O–H groups in total. The molecular formula is C29H36F3N3O4. The Morgan fingerprint density at radius 1 is 1.03 bits per heavy atom. The largest absolute Gasteiger partial charge is 0.490 e. The molecule has 10 heteroatoms. The lowest BCUT2D eigenvalue weighted by molar-refractivity contribution is -0.192. The van der Waals surface area contributed by atoms with Crippen LogP contribution in [-0.4, -0.2) is 66.1 Å². The number of carbonyl (C=O) groups excluding carboxylic acids is 2. The Kier molecular flexibility index (Phi) is 10.5. The smallest absolute Gasteiger partial charge is 0.475 e. The Morgan fingerprint density at radius 3 is 2.31 bits per heavy atom. The highest BCUT2D eigenvalue weighted by Gasteiger charge is 2.38. The molecule has 2 aliphatic rings. The van der Waals surface area contributed by atoms with Crippen LogP contribution in [0.2, 0.25) is 0 Å². The molecule has 1 atom stereocenters. The van der Waals surface area contributed by atoms with E-state index in [1.807, 2.05) is 17.0 Å². The number of carboxylic acid groups (broad SMARTS) is 1. The first kappa shape index (κ1) is 30.1. The number of fused-ring (bicyclic) bond motifs is 1. The Morgan fingerprint density at radius 2 is 1.67 bits per heavy atom. The molecule has 2 aromatic carbocycles. The number of likely N-dealkylation sites (tertiary alicyclic amines) is 1. The molecule has 0 unspecified atom stereocenters. The number of alkyl halides is 3. The number of Topliss-reactive ketones (excluding diaryl/α,β-unsaturated/α-hetero) is 1. The predicted molar refractivity (Wildman–Crippen MR) is 143 cm³/mol. The maximum absolute atomic E-state index is 13.0. The SMILES string of the molecule is Cc1cccc(C)c1NC[C@@H]1CCCN1C(=O)CCC(=O)c1ccc2c(c1)CCNCC2.O=C(O)C(F)(F)F. The minimum Gasteiger partial charge on any atom is -0.475 e. The highest BCUT2D eigenvalue weighted by atomic mass is 19.4. The van der Waals surface area contributed by atoms with E-state index in [1.54, 1.807) is 0 Å². The summed E-state index contributed by atoms with van der Waals surface area (Å²) in [6.07, 6.45) is -0.512. The van der Waals surface area contributed by atoms with E-state index in [0.717, 1.165) is 57.4 Å². The normalized spacial score (nSPS) is 16.9. The van der Waals surface area contributed by atoms with Gasteiger partial charge in [-0.05, 0) is 80.9 Å². The van der Waals surface area contributed by atoms with Crippen molar-refractivity contribution in [3.8, 4) is 0 Å². The number of carbonyl (C=O) groups is 3. The van der Waals surface area contributed by atoms with Crippen molar-refractivity contribution in [3.05, 3.63) is 64.2 Å². The molecule has 1 amide bonds. The first-order chi connectivity index (χ1) is 18.5. The summed E-state index contributed by atoms with van der Waals surface area (Å²) < 4.78 is 31.7. The standard InChI is InChI=1S/C27H35N3O2.C2HF3O2/c1-19-5-3-6-20(2)27(19)29-18-24-7-4-16-30(24)26(32)11-10-25(31)23-9-8-21-12-14-28-15-13-22(21)17-23;3-2(4,5)1(6)7/h3,5-6,8-9,17,24,28-29H,4,7,10-16,18H2,1-2H3;(H,6,7)/t24-;/m0./s1. The monoisotopic (exact) mass is 547 g/mol. The topological polar surface area (TPSA) is 98.7 Å². The molecule has 4 rings (SSSR count). The molecule has 1 fully saturated rings. The van der Waals surface area contributed by atoms with Gasteiger partial charge in [-0.25, -0.2) is 4.79 Å². The van der Waals surface area contributed by atoms with Crippen LogP contribution in [-0.2, 0) is 22.4 Å². The summed E-state index contributed by atoms with van der Waals surface area (Å²) in [4.78, 5) is 36.6. The molecule has 0 radical (unpaired) electrons. The Hall–Kier alpha value is -3.40. The summed E-state index contributed by atoms with van der Waals surface area (Å²) >= 11 is 0. The van der Waals surface area contributed by atoms with Gasteiger partial charge < -0.3 is 20.6 Å². The van der Waals surface area contributed by atoms with Crippen molar-refractivity contribution in [1.82, 2.24) is 10.2 Å². The number of halogens is 3. The predicted octanol–water partition coefficient (Wildman–Crippen LogP) is 4.69. The lowest BCUT2D eigenvalue weighted by Crippen LogP contribution is -2.39. The first-order valence-electron chi connectivity index (χ1n) is 13.2. The van der Waals surface area contributed by atoms with Crippen molar-refractivity contribution >= 4 is 23.3 Å². The zero-order valence-corrected chi connectivity index (χ0v) is 22.4. The van der Waals surface area contributed by atoms with E-state index in [2.05, 4.69) is 48.7 Å². The van der Waals surface area contributed by atoms with Crippen molar-refractivity contribution in [3.63, 3.8) is 0 Å². The van der Waals surface area contributed by atoms with Gasteiger partial charge in [-0.3, -0.25) is 9.59 Å². The van der Waals surface area contributed by atoms with Gasteiger partial charge in [0.05, 0.1) is 0 Å². The van der Waals surface area contributed by atoms with Crippen LogP contribution < -0.4 is 10.6 Å². The first-order valence-corrected chi connectivity index (χ1v) is 13.2. The molecule has 0 spiro atoms. The molecule has 212 valence electrons. The van der Waals surface area contributed by atoms with E-state index < -0.39 is 12.1 Å². The van der Waals surface area contributed by atoms with E-state index in [4.69, 9.17) is 9.90 Å².